The average Bonchev–Trinajstić information content (AvgIpc) is 2.81. The maximum absolute atomic E-state index is 10.9. The second-order valence-corrected chi connectivity index (χ2v) is 7.42. The van der Waals surface area contributed by atoms with E-state index in [4.69, 9.17) is 14.6 Å². The number of carbonyl (C=O) groups is 1. The molecular weight excluding hydrogens is 404 g/mol. The van der Waals surface area contributed by atoms with Gasteiger partial charge in [-0.3, -0.25) is 0 Å². The minimum atomic E-state index is -1.01. The Morgan fingerprint density at radius 3 is 2.69 bits per heavy atom. The quantitative estimate of drug-likeness (QED) is 0.382. The van der Waals surface area contributed by atoms with Gasteiger partial charge < -0.3 is 19.9 Å². The number of rotatable bonds is 9. The van der Waals surface area contributed by atoms with Crippen LogP contribution in [0.5, 0.6) is 11.5 Å². The van der Waals surface area contributed by atoms with Crippen molar-refractivity contribution in [2.45, 2.75) is 20.1 Å². The normalized spacial score (nSPS) is 10.7. The van der Waals surface area contributed by atoms with Gasteiger partial charge in [0, 0.05) is 17.5 Å². The minimum absolute atomic E-state index is 0.278. The SMILES string of the molecule is Cc1cccc(COc2cccc(CNc3ccc4ccccc4n3)c2)c1OCC(=O)O. The van der Waals surface area contributed by atoms with Crippen LogP contribution in [0.2, 0.25) is 0 Å². The number of carboxylic acid groups (broad SMARTS) is 1. The molecule has 4 aromatic rings. The first kappa shape index (κ1) is 21.2. The standard InChI is InChI=1S/C26H24N2O4/c1-18-6-4-9-21(26(18)32-17-25(29)30)16-31-22-10-5-7-19(14-22)15-27-24-13-12-20-8-2-3-11-23(20)28-24/h2-14H,15-17H2,1H3,(H,27,28)(H,29,30). The molecule has 2 N–H and O–H groups in total. The van der Waals surface area contributed by atoms with Crippen LogP contribution in [0.25, 0.3) is 10.9 Å². The molecule has 0 atom stereocenters. The number of aliphatic carboxylic acids is 1. The van der Waals surface area contributed by atoms with Crippen LogP contribution in [-0.2, 0) is 17.9 Å². The van der Waals surface area contributed by atoms with E-state index in [1.807, 2.05) is 79.7 Å². The number of anilines is 1. The van der Waals surface area contributed by atoms with Crippen molar-refractivity contribution in [2.75, 3.05) is 11.9 Å². The third-order valence-electron chi connectivity index (χ3n) is 5.00. The number of ether oxygens (including phenoxy) is 2. The maximum Gasteiger partial charge on any atom is 0.341 e. The Balaban J connectivity index is 1.40. The molecule has 162 valence electrons. The van der Waals surface area contributed by atoms with Crippen LogP contribution in [-0.4, -0.2) is 22.7 Å². The van der Waals surface area contributed by atoms with E-state index in [1.165, 1.54) is 0 Å². The van der Waals surface area contributed by atoms with E-state index in [1.54, 1.807) is 0 Å². The molecule has 0 amide bonds. The monoisotopic (exact) mass is 428 g/mol. The van der Waals surface area contributed by atoms with Gasteiger partial charge in [-0.15, -0.1) is 0 Å². The summed E-state index contributed by atoms with van der Waals surface area (Å²) in [4.78, 5) is 15.5. The number of nitrogens with zero attached hydrogens (tertiary/aromatic N) is 1. The van der Waals surface area contributed by atoms with E-state index in [0.29, 0.717) is 12.3 Å². The van der Waals surface area contributed by atoms with Crippen molar-refractivity contribution in [1.29, 1.82) is 0 Å². The third kappa shape index (κ3) is 5.35. The summed E-state index contributed by atoms with van der Waals surface area (Å²) >= 11 is 0. The van der Waals surface area contributed by atoms with Gasteiger partial charge in [-0.05, 0) is 48.4 Å². The molecule has 0 unspecified atom stereocenters. The molecule has 0 saturated heterocycles. The predicted molar refractivity (Wildman–Crippen MR) is 124 cm³/mol. The lowest BCUT2D eigenvalue weighted by atomic mass is 10.1. The molecule has 6 heteroatoms. The Bertz CT molecular complexity index is 1240. The Hall–Kier alpha value is -4.06. The third-order valence-corrected chi connectivity index (χ3v) is 5.00. The van der Waals surface area contributed by atoms with Crippen molar-refractivity contribution in [1.82, 2.24) is 4.98 Å². The molecule has 32 heavy (non-hydrogen) atoms. The molecule has 3 aromatic carbocycles. The highest BCUT2D eigenvalue weighted by molar-refractivity contribution is 5.80. The summed E-state index contributed by atoms with van der Waals surface area (Å²) in [7, 11) is 0. The van der Waals surface area contributed by atoms with Gasteiger partial charge in [-0.1, -0.05) is 48.5 Å². The highest BCUT2D eigenvalue weighted by Gasteiger charge is 2.10. The molecule has 0 aliphatic rings. The Labute approximate surface area is 186 Å². The van der Waals surface area contributed by atoms with Gasteiger partial charge in [-0.25, -0.2) is 9.78 Å². The molecule has 0 radical (unpaired) electrons. The first-order valence-electron chi connectivity index (χ1n) is 10.3. The van der Waals surface area contributed by atoms with Crippen LogP contribution in [0, 0.1) is 6.92 Å². The molecule has 0 aliphatic carbocycles. The number of fused-ring (bicyclic) bond motifs is 1. The van der Waals surface area contributed by atoms with Crippen LogP contribution in [0.15, 0.2) is 78.9 Å². The fraction of sp³-hybridized carbons (Fsp3) is 0.154. The van der Waals surface area contributed by atoms with E-state index < -0.39 is 5.97 Å². The molecule has 0 bridgehead atoms. The summed E-state index contributed by atoms with van der Waals surface area (Å²) in [6, 6.07) is 25.5. The molecule has 1 aromatic heterocycles. The number of benzene rings is 3. The molecule has 0 fully saturated rings. The fourth-order valence-electron chi connectivity index (χ4n) is 3.43. The number of carboxylic acids is 1. The number of hydrogen-bond acceptors (Lipinski definition) is 5. The van der Waals surface area contributed by atoms with Crippen molar-refractivity contribution in [3.63, 3.8) is 0 Å². The molecule has 6 nitrogen and oxygen atoms in total. The van der Waals surface area contributed by atoms with E-state index in [0.717, 1.165) is 39.2 Å². The van der Waals surface area contributed by atoms with Crippen molar-refractivity contribution < 1.29 is 19.4 Å². The molecule has 4 rings (SSSR count). The van der Waals surface area contributed by atoms with Crippen molar-refractivity contribution in [3.8, 4) is 11.5 Å². The zero-order valence-electron chi connectivity index (χ0n) is 17.7. The summed E-state index contributed by atoms with van der Waals surface area (Å²) in [5, 5.41) is 13.4. The molecular formula is C26H24N2O4. The number of hydrogen-bond donors (Lipinski definition) is 2. The van der Waals surface area contributed by atoms with E-state index in [-0.39, 0.29) is 13.2 Å². The van der Waals surface area contributed by atoms with Gasteiger partial charge >= 0.3 is 5.97 Å². The largest absolute Gasteiger partial charge is 0.489 e. The Morgan fingerprint density at radius 2 is 1.81 bits per heavy atom. The maximum atomic E-state index is 10.9. The second-order valence-electron chi connectivity index (χ2n) is 7.42. The fourth-order valence-corrected chi connectivity index (χ4v) is 3.43. The van der Waals surface area contributed by atoms with Crippen LogP contribution in [0.4, 0.5) is 5.82 Å². The number of pyridine rings is 1. The second kappa shape index (κ2) is 9.83. The molecule has 0 saturated carbocycles. The number of aromatic nitrogens is 1. The zero-order valence-corrected chi connectivity index (χ0v) is 17.7. The summed E-state index contributed by atoms with van der Waals surface area (Å²) in [6.45, 7) is 2.38. The molecule has 0 aliphatic heterocycles. The highest BCUT2D eigenvalue weighted by atomic mass is 16.5. The summed E-state index contributed by atoms with van der Waals surface area (Å²) in [6.07, 6.45) is 0. The van der Waals surface area contributed by atoms with Gasteiger partial charge in [0.25, 0.3) is 0 Å². The lowest BCUT2D eigenvalue weighted by Crippen LogP contribution is -2.12. The van der Waals surface area contributed by atoms with E-state index in [2.05, 4.69) is 16.4 Å². The van der Waals surface area contributed by atoms with Crippen molar-refractivity contribution >= 4 is 22.7 Å². The van der Waals surface area contributed by atoms with Crippen LogP contribution in [0.3, 0.4) is 0 Å². The van der Waals surface area contributed by atoms with Gasteiger partial charge in [0.15, 0.2) is 6.61 Å². The van der Waals surface area contributed by atoms with E-state index in [9.17, 15) is 4.79 Å². The van der Waals surface area contributed by atoms with Crippen molar-refractivity contribution in [2.24, 2.45) is 0 Å². The number of aryl methyl sites for hydroxylation is 1. The van der Waals surface area contributed by atoms with Gasteiger partial charge in [0.2, 0.25) is 0 Å². The zero-order chi connectivity index (χ0) is 22.3. The lowest BCUT2D eigenvalue weighted by molar-refractivity contribution is -0.139. The topological polar surface area (TPSA) is 80.7 Å². The van der Waals surface area contributed by atoms with Crippen LogP contribution in [0.1, 0.15) is 16.7 Å². The average molecular weight is 428 g/mol. The highest BCUT2D eigenvalue weighted by Crippen LogP contribution is 2.25. The summed E-state index contributed by atoms with van der Waals surface area (Å²) in [5.41, 5.74) is 3.68. The lowest BCUT2D eigenvalue weighted by Gasteiger charge is -2.14. The first-order valence-corrected chi connectivity index (χ1v) is 10.3. The number of nitrogens with one attached hydrogen (secondary N) is 1. The molecule has 1 heterocycles. The Morgan fingerprint density at radius 1 is 0.969 bits per heavy atom. The predicted octanol–water partition coefficient (Wildman–Crippen LogP) is 5.20. The Kier molecular flexibility index (Phi) is 6.51. The van der Waals surface area contributed by atoms with Crippen LogP contribution >= 0.6 is 0 Å². The van der Waals surface area contributed by atoms with Crippen molar-refractivity contribution in [3.05, 3.63) is 95.6 Å². The van der Waals surface area contributed by atoms with Gasteiger partial charge in [-0.2, -0.15) is 0 Å². The van der Waals surface area contributed by atoms with Crippen LogP contribution < -0.4 is 14.8 Å². The minimum Gasteiger partial charge on any atom is -0.489 e. The van der Waals surface area contributed by atoms with Gasteiger partial charge in [0.05, 0.1) is 5.52 Å². The summed E-state index contributed by atoms with van der Waals surface area (Å²) < 4.78 is 11.4. The smallest absolute Gasteiger partial charge is 0.341 e. The number of para-hydroxylation sites is 2. The van der Waals surface area contributed by atoms with E-state index >= 15 is 0 Å². The summed E-state index contributed by atoms with van der Waals surface area (Å²) in [5.74, 6) is 1.08. The van der Waals surface area contributed by atoms with Gasteiger partial charge in [0.1, 0.15) is 23.9 Å². The molecule has 0 spiro atoms. The first-order chi connectivity index (χ1) is 15.6.